The lowest BCUT2D eigenvalue weighted by molar-refractivity contribution is 0.201. The number of rotatable bonds is 9. The van der Waals surface area contributed by atoms with Crippen LogP contribution in [0.2, 0.25) is 0 Å². The van der Waals surface area contributed by atoms with Crippen LogP contribution in [0.25, 0.3) is 0 Å². The van der Waals surface area contributed by atoms with Crippen molar-refractivity contribution in [2.45, 2.75) is 34.2 Å². The first-order valence-electron chi connectivity index (χ1n) is 9.85. The van der Waals surface area contributed by atoms with Crippen molar-refractivity contribution in [2.75, 3.05) is 24.7 Å². The van der Waals surface area contributed by atoms with Gasteiger partial charge in [0.25, 0.3) is 0 Å². The lowest BCUT2D eigenvalue weighted by atomic mass is 10.1. The fourth-order valence-electron chi connectivity index (χ4n) is 2.89. The normalized spacial score (nSPS) is 11.3. The summed E-state index contributed by atoms with van der Waals surface area (Å²) >= 11 is 0. The van der Waals surface area contributed by atoms with Gasteiger partial charge in [-0.15, -0.1) is 0 Å². The summed E-state index contributed by atoms with van der Waals surface area (Å²) in [6, 6.07) is 12.4. The fraction of sp³-hybridized carbons (Fsp3) is 0.409. The maximum Gasteiger partial charge on any atom is 0.322 e. The number of ether oxygens (including phenoxy) is 1. The maximum atomic E-state index is 12.9. The molecule has 0 aliphatic carbocycles. The summed E-state index contributed by atoms with van der Waals surface area (Å²) < 4.78 is 34.2. The van der Waals surface area contributed by atoms with Gasteiger partial charge in [-0.3, -0.25) is 0 Å². The zero-order valence-corrected chi connectivity index (χ0v) is 19.0. The average molecular weight is 435 g/mol. The molecule has 2 aromatic carbocycles. The number of methoxy groups -OCH3 is 1. The molecule has 0 aromatic heterocycles. The van der Waals surface area contributed by atoms with Crippen LogP contribution in [0.4, 0.5) is 10.5 Å². The molecule has 0 spiro atoms. The van der Waals surface area contributed by atoms with E-state index < -0.39 is 10.1 Å². The standard InChI is InChI=1S/C22H30N2O5S/c1-6-30(26,27)29-21-13-18(10-11-20(21)28-5)15-24(14-16(2)3)22(25)23-19-9-7-8-17(4)12-19/h7-13,16H,6,14-15H2,1-5H3,(H,23,25). The Morgan fingerprint density at radius 1 is 1.13 bits per heavy atom. The van der Waals surface area contributed by atoms with Gasteiger partial charge >= 0.3 is 16.1 Å². The van der Waals surface area contributed by atoms with E-state index in [2.05, 4.69) is 5.32 Å². The molecule has 0 aliphatic rings. The fourth-order valence-corrected chi connectivity index (χ4v) is 3.41. The summed E-state index contributed by atoms with van der Waals surface area (Å²) in [5.41, 5.74) is 2.51. The molecule has 0 saturated carbocycles. The number of nitrogens with one attached hydrogen (secondary N) is 1. The first kappa shape index (κ1) is 23.5. The molecule has 8 heteroatoms. The summed E-state index contributed by atoms with van der Waals surface area (Å²) in [5.74, 6) is 0.525. The van der Waals surface area contributed by atoms with Gasteiger partial charge in [0.15, 0.2) is 11.5 Å². The number of amides is 2. The Hall–Kier alpha value is -2.74. The Bertz CT molecular complexity index is 973. The number of hydrogen-bond acceptors (Lipinski definition) is 5. The van der Waals surface area contributed by atoms with Crippen molar-refractivity contribution in [3.63, 3.8) is 0 Å². The third kappa shape index (κ3) is 6.95. The predicted molar refractivity (Wildman–Crippen MR) is 119 cm³/mol. The van der Waals surface area contributed by atoms with Gasteiger partial charge < -0.3 is 19.1 Å². The molecular weight excluding hydrogens is 404 g/mol. The highest BCUT2D eigenvalue weighted by atomic mass is 32.2. The Kier molecular flexibility index (Phi) is 8.11. The summed E-state index contributed by atoms with van der Waals surface area (Å²) in [5, 5.41) is 2.93. The van der Waals surface area contributed by atoms with E-state index in [0.717, 1.165) is 16.8 Å². The smallest absolute Gasteiger partial charge is 0.322 e. The van der Waals surface area contributed by atoms with Gasteiger partial charge in [0.2, 0.25) is 0 Å². The molecule has 164 valence electrons. The van der Waals surface area contributed by atoms with Crippen LogP contribution in [0.15, 0.2) is 42.5 Å². The number of hydrogen-bond donors (Lipinski definition) is 1. The van der Waals surface area contributed by atoms with Crippen molar-refractivity contribution in [2.24, 2.45) is 5.92 Å². The highest BCUT2D eigenvalue weighted by molar-refractivity contribution is 7.87. The molecule has 0 saturated heterocycles. The molecule has 0 heterocycles. The number of aryl methyl sites for hydroxylation is 1. The molecule has 2 rings (SSSR count). The largest absolute Gasteiger partial charge is 0.493 e. The van der Waals surface area contributed by atoms with Crippen molar-refractivity contribution in [1.82, 2.24) is 4.90 Å². The SMILES string of the molecule is CCS(=O)(=O)Oc1cc(CN(CC(C)C)C(=O)Nc2cccc(C)c2)ccc1OC. The predicted octanol–water partition coefficient (Wildman–Crippen LogP) is 4.42. The van der Waals surface area contributed by atoms with Crippen LogP contribution < -0.4 is 14.2 Å². The van der Waals surface area contributed by atoms with Gasteiger partial charge in [-0.05, 0) is 55.2 Å². The first-order valence-corrected chi connectivity index (χ1v) is 11.4. The van der Waals surface area contributed by atoms with Crippen molar-refractivity contribution >= 4 is 21.8 Å². The van der Waals surface area contributed by atoms with Gasteiger partial charge in [-0.25, -0.2) is 4.79 Å². The van der Waals surface area contributed by atoms with Crippen molar-refractivity contribution in [1.29, 1.82) is 0 Å². The summed E-state index contributed by atoms with van der Waals surface area (Å²) in [4.78, 5) is 14.6. The lowest BCUT2D eigenvalue weighted by Gasteiger charge is -2.25. The third-order valence-corrected chi connectivity index (χ3v) is 5.45. The highest BCUT2D eigenvalue weighted by Gasteiger charge is 2.19. The Balaban J connectivity index is 2.25. The molecule has 0 atom stereocenters. The minimum Gasteiger partial charge on any atom is -0.493 e. The van der Waals surface area contributed by atoms with Crippen molar-refractivity contribution < 1.29 is 22.1 Å². The molecule has 1 N–H and O–H groups in total. The van der Waals surface area contributed by atoms with Gasteiger partial charge in [0.05, 0.1) is 12.9 Å². The second kappa shape index (κ2) is 10.3. The van der Waals surface area contributed by atoms with Gasteiger partial charge in [0, 0.05) is 18.8 Å². The minimum atomic E-state index is -3.70. The van der Waals surface area contributed by atoms with E-state index >= 15 is 0 Å². The number of nitrogens with zero attached hydrogens (tertiary/aromatic N) is 1. The number of benzene rings is 2. The highest BCUT2D eigenvalue weighted by Crippen LogP contribution is 2.30. The van der Waals surface area contributed by atoms with Crippen LogP contribution in [-0.2, 0) is 16.7 Å². The Morgan fingerprint density at radius 2 is 1.87 bits per heavy atom. The molecule has 0 bridgehead atoms. The maximum absolute atomic E-state index is 12.9. The zero-order valence-electron chi connectivity index (χ0n) is 18.1. The molecule has 7 nitrogen and oxygen atoms in total. The summed E-state index contributed by atoms with van der Waals surface area (Å²) in [7, 11) is -2.26. The molecule has 0 aliphatic heterocycles. The van der Waals surface area contributed by atoms with E-state index in [-0.39, 0.29) is 23.5 Å². The summed E-state index contributed by atoms with van der Waals surface area (Å²) in [6.07, 6.45) is 0. The van der Waals surface area contributed by atoms with Gasteiger partial charge in [0.1, 0.15) is 0 Å². The van der Waals surface area contributed by atoms with Gasteiger partial charge in [-0.1, -0.05) is 32.0 Å². The van der Waals surface area contributed by atoms with Crippen molar-refractivity contribution in [3.05, 3.63) is 53.6 Å². The van der Waals surface area contributed by atoms with Crippen LogP contribution in [0.3, 0.4) is 0 Å². The molecule has 0 unspecified atom stereocenters. The zero-order chi connectivity index (χ0) is 22.3. The lowest BCUT2D eigenvalue weighted by Crippen LogP contribution is -2.37. The van der Waals surface area contributed by atoms with E-state index in [1.807, 2.05) is 45.0 Å². The van der Waals surface area contributed by atoms with E-state index in [1.165, 1.54) is 14.0 Å². The van der Waals surface area contributed by atoms with Crippen LogP contribution >= 0.6 is 0 Å². The van der Waals surface area contributed by atoms with E-state index in [9.17, 15) is 13.2 Å². The number of anilines is 1. The van der Waals surface area contributed by atoms with E-state index in [1.54, 1.807) is 23.1 Å². The molecular formula is C22H30N2O5S. The Labute approximate surface area is 179 Å². The quantitative estimate of drug-likeness (QED) is 0.591. The topological polar surface area (TPSA) is 84.9 Å². The van der Waals surface area contributed by atoms with Crippen LogP contribution in [0.1, 0.15) is 31.9 Å². The van der Waals surface area contributed by atoms with Crippen molar-refractivity contribution in [3.8, 4) is 11.5 Å². The molecule has 30 heavy (non-hydrogen) atoms. The van der Waals surface area contributed by atoms with Crippen LogP contribution in [0.5, 0.6) is 11.5 Å². The van der Waals surface area contributed by atoms with Crippen LogP contribution in [0, 0.1) is 12.8 Å². The second-order valence-electron chi connectivity index (χ2n) is 7.49. The minimum absolute atomic E-state index is 0.112. The second-order valence-corrected chi connectivity index (χ2v) is 9.35. The van der Waals surface area contributed by atoms with E-state index in [0.29, 0.717) is 18.8 Å². The average Bonchev–Trinajstić information content (AvgIpc) is 2.67. The molecule has 0 fully saturated rings. The monoisotopic (exact) mass is 434 g/mol. The molecule has 2 amide bonds. The number of urea groups is 1. The van der Waals surface area contributed by atoms with Gasteiger partial charge in [-0.2, -0.15) is 8.42 Å². The van der Waals surface area contributed by atoms with E-state index in [4.69, 9.17) is 8.92 Å². The third-order valence-electron chi connectivity index (χ3n) is 4.31. The molecule has 2 aromatic rings. The first-order chi connectivity index (χ1) is 14.1. The molecule has 0 radical (unpaired) electrons. The Morgan fingerprint density at radius 3 is 2.47 bits per heavy atom. The summed E-state index contributed by atoms with van der Waals surface area (Å²) in [6.45, 7) is 8.36. The number of carbonyl (C=O) groups is 1. The number of carbonyl (C=O) groups excluding carboxylic acids is 1. The van der Waals surface area contributed by atoms with Crippen LogP contribution in [-0.4, -0.2) is 38.8 Å².